The Bertz CT molecular complexity index is 425. The Labute approximate surface area is 113 Å². The van der Waals surface area contributed by atoms with E-state index in [1.54, 1.807) is 11.3 Å². The molecule has 2 nitrogen and oxygen atoms in total. The number of hydrogen-bond donors (Lipinski definition) is 2. The molecule has 0 bridgehead atoms. The molecule has 0 radical (unpaired) electrons. The fourth-order valence-corrected chi connectivity index (χ4v) is 2.57. The SMILES string of the molecule is NC(CCc1ccccc1)CNCc1cccs1. The first-order valence-corrected chi connectivity index (χ1v) is 7.25. The Kier molecular flexibility index (Phi) is 5.39. The lowest BCUT2D eigenvalue weighted by Crippen LogP contribution is -2.33. The van der Waals surface area contributed by atoms with Crippen LogP contribution in [0.15, 0.2) is 47.8 Å². The summed E-state index contributed by atoms with van der Waals surface area (Å²) < 4.78 is 0. The fraction of sp³-hybridized carbons (Fsp3) is 0.333. The van der Waals surface area contributed by atoms with Crippen LogP contribution in [0.2, 0.25) is 0 Å². The summed E-state index contributed by atoms with van der Waals surface area (Å²) in [5.41, 5.74) is 7.47. The van der Waals surface area contributed by atoms with E-state index in [9.17, 15) is 0 Å². The van der Waals surface area contributed by atoms with Crippen LogP contribution in [0.25, 0.3) is 0 Å². The highest BCUT2D eigenvalue weighted by atomic mass is 32.1. The molecule has 0 spiro atoms. The number of rotatable bonds is 7. The minimum atomic E-state index is 0.227. The van der Waals surface area contributed by atoms with Crippen LogP contribution >= 0.6 is 11.3 Å². The second-order valence-corrected chi connectivity index (χ2v) is 5.53. The second-order valence-electron chi connectivity index (χ2n) is 4.49. The first kappa shape index (κ1) is 13.3. The quantitative estimate of drug-likeness (QED) is 0.803. The molecule has 18 heavy (non-hydrogen) atoms. The van der Waals surface area contributed by atoms with Crippen LogP contribution in [0.4, 0.5) is 0 Å². The van der Waals surface area contributed by atoms with E-state index in [0.29, 0.717) is 0 Å². The van der Waals surface area contributed by atoms with E-state index in [4.69, 9.17) is 5.73 Å². The van der Waals surface area contributed by atoms with Crippen molar-refractivity contribution in [1.82, 2.24) is 5.32 Å². The third-order valence-corrected chi connectivity index (χ3v) is 3.81. The molecule has 1 atom stereocenters. The number of nitrogens with two attached hydrogens (primary N) is 1. The lowest BCUT2D eigenvalue weighted by atomic mass is 10.1. The summed E-state index contributed by atoms with van der Waals surface area (Å²) in [5.74, 6) is 0. The van der Waals surface area contributed by atoms with Gasteiger partial charge < -0.3 is 11.1 Å². The zero-order valence-electron chi connectivity index (χ0n) is 10.5. The lowest BCUT2D eigenvalue weighted by molar-refractivity contribution is 0.546. The zero-order valence-corrected chi connectivity index (χ0v) is 11.3. The molecule has 0 fully saturated rings. The largest absolute Gasteiger partial charge is 0.327 e. The van der Waals surface area contributed by atoms with Gasteiger partial charge in [-0.3, -0.25) is 0 Å². The molecule has 0 aliphatic carbocycles. The normalized spacial score (nSPS) is 12.5. The van der Waals surface area contributed by atoms with Crippen LogP contribution in [0.5, 0.6) is 0 Å². The molecule has 0 saturated heterocycles. The minimum absolute atomic E-state index is 0.227. The molecule has 0 saturated carbocycles. The molecule has 0 aliphatic heterocycles. The van der Waals surface area contributed by atoms with Crippen molar-refractivity contribution in [3.05, 3.63) is 58.3 Å². The van der Waals surface area contributed by atoms with Crippen molar-refractivity contribution < 1.29 is 0 Å². The number of hydrogen-bond acceptors (Lipinski definition) is 3. The molecule has 3 N–H and O–H groups in total. The van der Waals surface area contributed by atoms with Gasteiger partial charge in [0.05, 0.1) is 0 Å². The minimum Gasteiger partial charge on any atom is -0.327 e. The predicted molar refractivity (Wildman–Crippen MR) is 78.8 cm³/mol. The van der Waals surface area contributed by atoms with Crippen molar-refractivity contribution in [3.63, 3.8) is 0 Å². The number of aryl methyl sites for hydroxylation is 1. The summed E-state index contributed by atoms with van der Waals surface area (Å²) in [7, 11) is 0. The molecule has 1 aromatic carbocycles. The summed E-state index contributed by atoms with van der Waals surface area (Å²) in [4.78, 5) is 1.37. The van der Waals surface area contributed by atoms with E-state index in [-0.39, 0.29) is 6.04 Å². The average molecular weight is 260 g/mol. The molecule has 96 valence electrons. The third kappa shape index (κ3) is 4.61. The van der Waals surface area contributed by atoms with Gasteiger partial charge in [-0.2, -0.15) is 0 Å². The van der Waals surface area contributed by atoms with Crippen molar-refractivity contribution in [2.75, 3.05) is 6.54 Å². The standard InChI is InChI=1S/C15H20N2S/c16-14(9-8-13-5-2-1-3-6-13)11-17-12-15-7-4-10-18-15/h1-7,10,14,17H,8-9,11-12,16H2. The number of benzene rings is 1. The van der Waals surface area contributed by atoms with Gasteiger partial charge in [0, 0.05) is 24.0 Å². The smallest absolute Gasteiger partial charge is 0.0300 e. The van der Waals surface area contributed by atoms with Crippen LogP contribution in [-0.2, 0) is 13.0 Å². The van der Waals surface area contributed by atoms with Crippen molar-refractivity contribution >= 4 is 11.3 Å². The Morgan fingerprint density at radius 2 is 1.94 bits per heavy atom. The fourth-order valence-electron chi connectivity index (χ4n) is 1.89. The molecular weight excluding hydrogens is 240 g/mol. The van der Waals surface area contributed by atoms with E-state index < -0.39 is 0 Å². The van der Waals surface area contributed by atoms with Crippen LogP contribution in [0, 0.1) is 0 Å². The number of nitrogens with one attached hydrogen (secondary N) is 1. The molecule has 0 aliphatic rings. The van der Waals surface area contributed by atoms with Gasteiger partial charge >= 0.3 is 0 Å². The summed E-state index contributed by atoms with van der Waals surface area (Å²) in [6.07, 6.45) is 2.09. The van der Waals surface area contributed by atoms with Gasteiger partial charge in [-0.05, 0) is 29.9 Å². The van der Waals surface area contributed by atoms with Crippen molar-refractivity contribution in [1.29, 1.82) is 0 Å². The Morgan fingerprint density at radius 1 is 1.11 bits per heavy atom. The topological polar surface area (TPSA) is 38.0 Å². The number of thiophene rings is 1. The molecule has 2 aromatic rings. The van der Waals surface area contributed by atoms with Gasteiger partial charge in [0.25, 0.3) is 0 Å². The molecule has 3 heteroatoms. The van der Waals surface area contributed by atoms with E-state index >= 15 is 0 Å². The molecule has 1 aromatic heterocycles. The monoisotopic (exact) mass is 260 g/mol. The van der Waals surface area contributed by atoms with Crippen LogP contribution in [-0.4, -0.2) is 12.6 Å². The summed E-state index contributed by atoms with van der Waals surface area (Å²) in [5, 5.41) is 5.51. The molecular formula is C15H20N2S. The highest BCUT2D eigenvalue weighted by Crippen LogP contribution is 2.07. The highest BCUT2D eigenvalue weighted by molar-refractivity contribution is 7.09. The Morgan fingerprint density at radius 3 is 2.67 bits per heavy atom. The van der Waals surface area contributed by atoms with Crippen molar-refractivity contribution in [2.24, 2.45) is 5.73 Å². The zero-order chi connectivity index (χ0) is 12.6. The Balaban J connectivity index is 1.62. The van der Waals surface area contributed by atoms with E-state index in [0.717, 1.165) is 25.9 Å². The second kappa shape index (κ2) is 7.31. The van der Waals surface area contributed by atoms with Crippen molar-refractivity contribution in [2.45, 2.75) is 25.4 Å². The first-order chi connectivity index (χ1) is 8.84. The molecule has 1 unspecified atom stereocenters. The van der Waals surface area contributed by atoms with Crippen molar-refractivity contribution in [3.8, 4) is 0 Å². The maximum absolute atomic E-state index is 6.10. The van der Waals surface area contributed by atoms with Crippen LogP contribution in [0.3, 0.4) is 0 Å². The lowest BCUT2D eigenvalue weighted by Gasteiger charge is -2.12. The van der Waals surface area contributed by atoms with Gasteiger partial charge in [-0.1, -0.05) is 36.4 Å². The maximum atomic E-state index is 6.10. The van der Waals surface area contributed by atoms with Gasteiger partial charge in [0.1, 0.15) is 0 Å². The summed E-state index contributed by atoms with van der Waals surface area (Å²) in [6.45, 7) is 1.81. The summed E-state index contributed by atoms with van der Waals surface area (Å²) >= 11 is 1.78. The van der Waals surface area contributed by atoms with Gasteiger partial charge in [-0.25, -0.2) is 0 Å². The predicted octanol–water partition coefficient (Wildman–Crippen LogP) is 2.80. The molecule has 0 amide bonds. The Hall–Kier alpha value is -1.16. The first-order valence-electron chi connectivity index (χ1n) is 6.37. The summed E-state index contributed by atoms with van der Waals surface area (Å²) in [6, 6.07) is 15.0. The van der Waals surface area contributed by atoms with Gasteiger partial charge in [0.15, 0.2) is 0 Å². The van der Waals surface area contributed by atoms with Crippen LogP contribution in [0.1, 0.15) is 16.9 Å². The van der Waals surface area contributed by atoms with Gasteiger partial charge in [-0.15, -0.1) is 11.3 Å². The molecule has 1 heterocycles. The maximum Gasteiger partial charge on any atom is 0.0300 e. The molecule has 2 rings (SSSR count). The van der Waals surface area contributed by atoms with E-state index in [1.165, 1.54) is 10.4 Å². The van der Waals surface area contributed by atoms with E-state index in [1.807, 2.05) is 6.07 Å². The van der Waals surface area contributed by atoms with Crippen LogP contribution < -0.4 is 11.1 Å². The highest BCUT2D eigenvalue weighted by Gasteiger charge is 2.03. The van der Waals surface area contributed by atoms with Gasteiger partial charge in [0.2, 0.25) is 0 Å². The average Bonchev–Trinajstić information content (AvgIpc) is 2.91. The van der Waals surface area contributed by atoms with E-state index in [2.05, 4.69) is 47.1 Å². The third-order valence-electron chi connectivity index (χ3n) is 2.93.